The van der Waals surface area contributed by atoms with Crippen LogP contribution in [0.1, 0.15) is 39.0 Å². The molecule has 1 aromatic rings. The highest BCUT2D eigenvalue weighted by atomic mass is 32.2. The molecule has 0 bridgehead atoms. The monoisotopic (exact) mass is 486 g/mol. The highest BCUT2D eigenvalue weighted by Gasteiger charge is 2.47. The number of amides is 1. The van der Waals surface area contributed by atoms with Crippen molar-refractivity contribution in [2.24, 2.45) is 7.05 Å². The predicted molar refractivity (Wildman–Crippen MR) is 130 cm³/mol. The van der Waals surface area contributed by atoms with Crippen LogP contribution in [-0.4, -0.2) is 70.2 Å². The van der Waals surface area contributed by atoms with Gasteiger partial charge in [-0.3, -0.25) is 4.90 Å². The predicted octanol–water partition coefficient (Wildman–Crippen LogP) is 4.31. The second kappa shape index (κ2) is 10.5. The lowest BCUT2D eigenvalue weighted by atomic mass is 10.0. The van der Waals surface area contributed by atoms with E-state index in [0.717, 1.165) is 5.69 Å². The number of ether oxygens (including phenoxy) is 2. The Labute approximate surface area is 195 Å². The SMILES string of the molecule is C=CCOC(=O)N1C[C@H](O[Si](C)(C)C(C)(C)C)C[C@H]1C(OC(=S)SC)c1cnnn1C. The molecule has 1 amide bonds. The van der Waals surface area contributed by atoms with Gasteiger partial charge in [-0.2, -0.15) is 0 Å². The summed E-state index contributed by atoms with van der Waals surface area (Å²) < 4.78 is 20.2. The van der Waals surface area contributed by atoms with Gasteiger partial charge in [-0.25, -0.2) is 9.48 Å². The number of rotatable bonds is 7. The third-order valence-electron chi connectivity index (χ3n) is 5.91. The standard InChI is InChI=1S/C20H34N4O4S2Si/c1-9-10-26-18(25)24-13-14(28-31(7,8)20(2,3)4)11-15(24)17(27-19(29)30-6)16-12-21-22-23(16)5/h9,12,14-15,17H,1,10-11,13H2,2-8H3/t14-,15+,17?/m1/s1. The van der Waals surface area contributed by atoms with Crippen molar-refractivity contribution in [3.05, 3.63) is 24.5 Å². The van der Waals surface area contributed by atoms with E-state index in [1.807, 2.05) is 6.26 Å². The van der Waals surface area contributed by atoms with Crippen LogP contribution in [0.5, 0.6) is 0 Å². The molecule has 1 aliphatic rings. The fourth-order valence-corrected chi connectivity index (χ4v) is 4.92. The van der Waals surface area contributed by atoms with Crippen molar-refractivity contribution in [2.45, 2.75) is 63.6 Å². The van der Waals surface area contributed by atoms with E-state index in [1.54, 1.807) is 28.9 Å². The first kappa shape index (κ1) is 25.8. The molecule has 0 radical (unpaired) electrons. The van der Waals surface area contributed by atoms with Gasteiger partial charge in [0, 0.05) is 13.6 Å². The van der Waals surface area contributed by atoms with Crippen molar-refractivity contribution in [3.8, 4) is 0 Å². The van der Waals surface area contributed by atoms with Gasteiger partial charge in [0.1, 0.15) is 12.3 Å². The van der Waals surface area contributed by atoms with E-state index in [4.69, 9.17) is 26.1 Å². The summed E-state index contributed by atoms with van der Waals surface area (Å²) in [6, 6.07) is -0.339. The molecule has 2 rings (SSSR count). The van der Waals surface area contributed by atoms with Gasteiger partial charge in [0.05, 0.1) is 18.3 Å². The third-order valence-corrected chi connectivity index (χ3v) is 11.5. The molecule has 0 spiro atoms. The van der Waals surface area contributed by atoms with Crippen LogP contribution in [0.2, 0.25) is 18.1 Å². The Morgan fingerprint density at radius 3 is 2.68 bits per heavy atom. The lowest BCUT2D eigenvalue weighted by Crippen LogP contribution is -2.45. The van der Waals surface area contributed by atoms with Crippen LogP contribution in [0.15, 0.2) is 18.9 Å². The highest BCUT2D eigenvalue weighted by molar-refractivity contribution is 8.22. The average Bonchev–Trinajstić information content (AvgIpc) is 3.29. The van der Waals surface area contributed by atoms with Crippen LogP contribution in [0.3, 0.4) is 0 Å². The number of nitrogens with zero attached hydrogens (tertiary/aromatic N) is 4. The first-order valence-corrected chi connectivity index (χ1v) is 14.8. The molecule has 0 aliphatic carbocycles. The largest absolute Gasteiger partial charge is 0.466 e. The smallest absolute Gasteiger partial charge is 0.410 e. The Morgan fingerprint density at radius 1 is 1.48 bits per heavy atom. The van der Waals surface area contributed by atoms with E-state index >= 15 is 0 Å². The number of hydrogen-bond acceptors (Lipinski definition) is 8. The Kier molecular flexibility index (Phi) is 8.71. The van der Waals surface area contributed by atoms with Gasteiger partial charge in [-0.05, 0) is 43.0 Å². The summed E-state index contributed by atoms with van der Waals surface area (Å²) in [5, 5.41) is 8.08. The van der Waals surface area contributed by atoms with Gasteiger partial charge in [-0.15, -0.1) is 5.10 Å². The Hall–Kier alpha value is -1.43. The van der Waals surface area contributed by atoms with Crippen molar-refractivity contribution in [1.29, 1.82) is 0 Å². The van der Waals surface area contributed by atoms with Gasteiger partial charge >= 0.3 is 6.09 Å². The molecular formula is C20H34N4O4S2Si. The molecule has 1 aromatic heterocycles. The van der Waals surface area contributed by atoms with E-state index in [9.17, 15) is 4.79 Å². The number of hydrogen-bond donors (Lipinski definition) is 0. The van der Waals surface area contributed by atoms with Crippen molar-refractivity contribution in [3.63, 3.8) is 0 Å². The number of aromatic nitrogens is 3. The van der Waals surface area contributed by atoms with Crippen LogP contribution < -0.4 is 0 Å². The van der Waals surface area contributed by atoms with E-state index in [2.05, 4.69) is 50.8 Å². The number of thioether (sulfide) groups is 1. The molecule has 0 N–H and O–H groups in total. The molecule has 8 nitrogen and oxygen atoms in total. The zero-order valence-electron chi connectivity index (χ0n) is 19.5. The Balaban J connectivity index is 2.37. The zero-order chi connectivity index (χ0) is 23.4. The minimum absolute atomic E-state index is 0.0571. The van der Waals surface area contributed by atoms with Gasteiger partial charge in [0.15, 0.2) is 14.4 Å². The molecule has 1 aliphatic heterocycles. The first-order valence-electron chi connectivity index (χ1n) is 10.2. The van der Waals surface area contributed by atoms with E-state index in [1.165, 1.54) is 11.8 Å². The van der Waals surface area contributed by atoms with Gasteiger partial charge in [-0.1, -0.05) is 50.4 Å². The number of carbonyl (C=O) groups is 1. The van der Waals surface area contributed by atoms with Crippen LogP contribution in [0.4, 0.5) is 4.79 Å². The van der Waals surface area contributed by atoms with Crippen LogP contribution in [0, 0.1) is 0 Å². The molecular weight excluding hydrogens is 452 g/mol. The summed E-state index contributed by atoms with van der Waals surface area (Å²) in [5.41, 5.74) is 0.732. The summed E-state index contributed by atoms with van der Waals surface area (Å²) in [7, 11) is -0.244. The number of likely N-dealkylation sites (tertiary alicyclic amines) is 1. The molecule has 1 saturated heterocycles. The summed E-state index contributed by atoms with van der Waals surface area (Å²) >= 11 is 6.68. The number of aryl methyl sites for hydroxylation is 1. The molecule has 174 valence electrons. The van der Waals surface area contributed by atoms with Crippen molar-refractivity contribution >= 4 is 42.8 Å². The van der Waals surface area contributed by atoms with E-state index in [0.29, 0.717) is 17.3 Å². The molecule has 2 heterocycles. The number of thiocarbonyl (C=S) groups is 1. The summed E-state index contributed by atoms with van der Waals surface area (Å²) in [4.78, 5) is 14.6. The molecule has 31 heavy (non-hydrogen) atoms. The molecule has 0 saturated carbocycles. The second-order valence-corrected chi connectivity index (χ2v) is 15.3. The third kappa shape index (κ3) is 6.30. The van der Waals surface area contributed by atoms with Crippen LogP contribution >= 0.6 is 24.0 Å². The summed E-state index contributed by atoms with van der Waals surface area (Å²) in [6.45, 7) is 15.2. The molecule has 1 unspecified atom stereocenters. The van der Waals surface area contributed by atoms with Crippen LogP contribution in [0.25, 0.3) is 0 Å². The Bertz CT molecular complexity index is 796. The maximum absolute atomic E-state index is 12.9. The lowest BCUT2D eigenvalue weighted by molar-refractivity contribution is 0.0614. The topological polar surface area (TPSA) is 78.7 Å². The molecule has 11 heteroatoms. The van der Waals surface area contributed by atoms with Crippen molar-refractivity contribution < 1.29 is 18.7 Å². The summed E-state index contributed by atoms with van der Waals surface area (Å²) in [5.74, 6) is 0. The molecule has 3 atom stereocenters. The van der Waals surface area contributed by atoms with E-state index in [-0.39, 0.29) is 23.8 Å². The Morgan fingerprint density at radius 2 is 2.16 bits per heavy atom. The maximum Gasteiger partial charge on any atom is 0.410 e. The van der Waals surface area contributed by atoms with Crippen molar-refractivity contribution in [2.75, 3.05) is 19.4 Å². The summed E-state index contributed by atoms with van der Waals surface area (Å²) in [6.07, 6.45) is 4.56. The van der Waals surface area contributed by atoms with Crippen molar-refractivity contribution in [1.82, 2.24) is 19.9 Å². The fraction of sp³-hybridized carbons (Fsp3) is 0.700. The van der Waals surface area contributed by atoms with E-state index < -0.39 is 20.5 Å². The van der Waals surface area contributed by atoms with Crippen LogP contribution in [-0.2, 0) is 20.9 Å². The highest BCUT2D eigenvalue weighted by Crippen LogP contribution is 2.41. The van der Waals surface area contributed by atoms with Gasteiger partial charge in [0.2, 0.25) is 4.38 Å². The van der Waals surface area contributed by atoms with Gasteiger partial charge in [0.25, 0.3) is 0 Å². The molecule has 1 fully saturated rings. The normalized spacial score (nSPS) is 20.4. The maximum atomic E-state index is 12.9. The minimum atomic E-state index is -2.04. The molecule has 0 aromatic carbocycles. The quantitative estimate of drug-likeness (QED) is 0.320. The van der Waals surface area contributed by atoms with Gasteiger partial charge < -0.3 is 13.9 Å². The first-order chi connectivity index (χ1) is 14.4. The fourth-order valence-electron chi connectivity index (χ4n) is 3.26. The second-order valence-electron chi connectivity index (χ2n) is 9.10. The minimum Gasteiger partial charge on any atom is -0.466 e. The zero-order valence-corrected chi connectivity index (χ0v) is 22.1. The average molecular weight is 487 g/mol. The number of carbonyl (C=O) groups excluding carboxylic acids is 1. The lowest BCUT2D eigenvalue weighted by Gasteiger charge is -2.38.